The number of benzene rings is 2. The van der Waals surface area contributed by atoms with Crippen LogP contribution < -0.4 is 10.1 Å². The van der Waals surface area contributed by atoms with Crippen LogP contribution in [-0.4, -0.2) is 30.6 Å². The van der Waals surface area contributed by atoms with Gasteiger partial charge in [0.25, 0.3) is 5.91 Å². The zero-order chi connectivity index (χ0) is 22.0. The first kappa shape index (κ1) is 20.6. The molecule has 4 aromatic rings. The molecule has 7 nitrogen and oxygen atoms in total. The number of amides is 1. The molecule has 4 rings (SSSR count). The zero-order valence-corrected chi connectivity index (χ0v) is 18.0. The Labute approximate surface area is 182 Å². The molecule has 8 heteroatoms. The van der Waals surface area contributed by atoms with Crippen LogP contribution in [-0.2, 0) is 4.74 Å². The summed E-state index contributed by atoms with van der Waals surface area (Å²) in [5, 5.41) is 3.33. The summed E-state index contributed by atoms with van der Waals surface area (Å²) < 4.78 is 17.1. The van der Waals surface area contributed by atoms with E-state index >= 15 is 0 Å². The summed E-state index contributed by atoms with van der Waals surface area (Å²) in [6.45, 7) is 4.08. The Morgan fingerprint density at radius 2 is 1.87 bits per heavy atom. The smallest absolute Gasteiger partial charge is 0.342 e. The number of aromatic nitrogens is 1. The van der Waals surface area contributed by atoms with E-state index in [-0.39, 0.29) is 17.4 Å². The second-order valence-corrected chi connectivity index (χ2v) is 7.66. The number of carbonyl (C=O) groups is 2. The van der Waals surface area contributed by atoms with Gasteiger partial charge in [-0.15, -0.1) is 11.3 Å². The first-order chi connectivity index (χ1) is 15.0. The van der Waals surface area contributed by atoms with E-state index < -0.39 is 5.97 Å². The molecule has 0 aliphatic heterocycles. The molecular weight excluding hydrogens is 416 g/mol. The Hall–Kier alpha value is -3.65. The lowest BCUT2D eigenvalue weighted by Crippen LogP contribution is -2.12. The number of thiazole rings is 1. The number of nitrogens with zero attached hydrogens (tertiary/aromatic N) is 1. The average Bonchev–Trinajstić information content (AvgIpc) is 3.34. The molecule has 0 atom stereocenters. The normalized spacial score (nSPS) is 10.8. The number of methoxy groups -OCH3 is 1. The molecule has 0 bridgehead atoms. The number of fused-ring (bicyclic) bond motifs is 1. The van der Waals surface area contributed by atoms with Gasteiger partial charge in [-0.2, -0.15) is 0 Å². The van der Waals surface area contributed by atoms with Crippen molar-refractivity contribution in [2.24, 2.45) is 0 Å². The van der Waals surface area contributed by atoms with Gasteiger partial charge in [0.2, 0.25) is 5.88 Å². The molecule has 0 saturated heterocycles. The maximum Gasteiger partial charge on any atom is 0.342 e. The lowest BCUT2D eigenvalue weighted by atomic mass is 10.1. The van der Waals surface area contributed by atoms with Crippen molar-refractivity contribution in [2.45, 2.75) is 13.8 Å². The Kier molecular flexibility index (Phi) is 5.73. The lowest BCUT2D eigenvalue weighted by Gasteiger charge is -2.06. The maximum atomic E-state index is 12.9. The molecule has 0 radical (unpaired) electrons. The summed E-state index contributed by atoms with van der Waals surface area (Å²) in [6.07, 6.45) is 0. The van der Waals surface area contributed by atoms with Crippen LogP contribution in [0, 0.1) is 6.92 Å². The van der Waals surface area contributed by atoms with E-state index in [0.717, 1.165) is 10.2 Å². The Balaban J connectivity index is 1.75. The summed E-state index contributed by atoms with van der Waals surface area (Å²) in [4.78, 5) is 30.0. The number of aryl methyl sites for hydroxylation is 1. The highest BCUT2D eigenvalue weighted by atomic mass is 32.1. The summed E-state index contributed by atoms with van der Waals surface area (Å²) in [6, 6.07) is 14.4. The van der Waals surface area contributed by atoms with Crippen molar-refractivity contribution in [1.29, 1.82) is 0 Å². The Morgan fingerprint density at radius 1 is 1.13 bits per heavy atom. The van der Waals surface area contributed by atoms with E-state index in [2.05, 4.69) is 10.3 Å². The van der Waals surface area contributed by atoms with Crippen LogP contribution in [0.1, 0.15) is 33.4 Å². The second-order valence-electron chi connectivity index (χ2n) is 6.63. The van der Waals surface area contributed by atoms with E-state index in [1.165, 1.54) is 18.4 Å². The van der Waals surface area contributed by atoms with Crippen molar-refractivity contribution in [2.75, 3.05) is 19.0 Å². The third-order valence-electron chi connectivity index (χ3n) is 4.64. The molecule has 0 unspecified atom stereocenters. The second kappa shape index (κ2) is 8.61. The highest BCUT2D eigenvalue weighted by molar-refractivity contribution is 7.21. The first-order valence-electron chi connectivity index (χ1n) is 9.63. The highest BCUT2D eigenvalue weighted by Crippen LogP contribution is 2.40. The third kappa shape index (κ3) is 4.02. The fourth-order valence-electron chi connectivity index (χ4n) is 3.21. The number of hydrogen-bond donors (Lipinski definition) is 1. The molecule has 0 saturated carbocycles. The van der Waals surface area contributed by atoms with E-state index in [1.54, 1.807) is 31.2 Å². The van der Waals surface area contributed by atoms with Gasteiger partial charge in [-0.25, -0.2) is 9.78 Å². The molecule has 31 heavy (non-hydrogen) atoms. The van der Waals surface area contributed by atoms with Gasteiger partial charge in [0.15, 0.2) is 0 Å². The highest BCUT2D eigenvalue weighted by Gasteiger charge is 2.29. The minimum Gasteiger partial charge on any atom is -0.494 e. The van der Waals surface area contributed by atoms with Crippen molar-refractivity contribution in [3.8, 4) is 16.3 Å². The molecule has 158 valence electrons. The predicted molar refractivity (Wildman–Crippen MR) is 119 cm³/mol. The summed E-state index contributed by atoms with van der Waals surface area (Å²) in [5.74, 6) is 0.225. The van der Waals surface area contributed by atoms with Gasteiger partial charge in [-0.05, 0) is 50.2 Å². The summed E-state index contributed by atoms with van der Waals surface area (Å²) in [5.41, 5.74) is 1.86. The largest absolute Gasteiger partial charge is 0.494 e. The minimum atomic E-state index is -0.558. The monoisotopic (exact) mass is 436 g/mol. The van der Waals surface area contributed by atoms with E-state index in [0.29, 0.717) is 34.3 Å². The molecule has 0 fully saturated rings. The molecule has 0 aliphatic carbocycles. The average molecular weight is 436 g/mol. The van der Waals surface area contributed by atoms with Gasteiger partial charge in [0.05, 0.1) is 29.5 Å². The van der Waals surface area contributed by atoms with Crippen LogP contribution in [0.2, 0.25) is 0 Å². The van der Waals surface area contributed by atoms with Crippen LogP contribution in [0.5, 0.6) is 5.75 Å². The fourth-order valence-corrected chi connectivity index (χ4v) is 4.22. The molecule has 2 aromatic carbocycles. The maximum absolute atomic E-state index is 12.9. The van der Waals surface area contributed by atoms with Crippen molar-refractivity contribution in [3.05, 3.63) is 65.4 Å². The number of esters is 1. The van der Waals surface area contributed by atoms with Crippen LogP contribution in [0.15, 0.2) is 52.9 Å². The molecule has 2 heterocycles. The number of carbonyl (C=O) groups excluding carboxylic acids is 2. The van der Waals surface area contributed by atoms with Crippen molar-refractivity contribution in [1.82, 2.24) is 4.98 Å². The molecule has 1 N–H and O–H groups in total. The molecule has 0 spiro atoms. The first-order valence-corrected chi connectivity index (χ1v) is 10.4. The van der Waals surface area contributed by atoms with Gasteiger partial charge in [0.1, 0.15) is 22.1 Å². The Morgan fingerprint density at radius 3 is 2.55 bits per heavy atom. The van der Waals surface area contributed by atoms with Gasteiger partial charge in [-0.1, -0.05) is 12.1 Å². The van der Waals surface area contributed by atoms with Gasteiger partial charge < -0.3 is 13.9 Å². The van der Waals surface area contributed by atoms with Gasteiger partial charge in [-0.3, -0.25) is 10.1 Å². The van der Waals surface area contributed by atoms with Crippen molar-refractivity contribution in [3.63, 3.8) is 0 Å². The number of nitrogens with one attached hydrogen (secondary N) is 1. The van der Waals surface area contributed by atoms with E-state index in [9.17, 15) is 9.59 Å². The van der Waals surface area contributed by atoms with E-state index in [1.807, 2.05) is 31.2 Å². The van der Waals surface area contributed by atoms with Gasteiger partial charge in [0, 0.05) is 5.56 Å². The Bertz CT molecular complexity index is 1220. The predicted octanol–water partition coefficient (Wildman–Crippen LogP) is 5.30. The number of para-hydroxylation sites is 1. The topological polar surface area (TPSA) is 90.7 Å². The molecule has 1 amide bonds. The molecule has 0 aliphatic rings. The van der Waals surface area contributed by atoms with Crippen molar-refractivity contribution < 1.29 is 23.5 Å². The number of ether oxygens (including phenoxy) is 2. The quantitative estimate of drug-likeness (QED) is 0.412. The lowest BCUT2D eigenvalue weighted by molar-refractivity contribution is 0.0599. The number of furan rings is 1. The van der Waals surface area contributed by atoms with Crippen LogP contribution in [0.3, 0.4) is 0 Å². The number of hydrogen-bond acceptors (Lipinski definition) is 7. The third-order valence-corrected chi connectivity index (χ3v) is 5.69. The van der Waals surface area contributed by atoms with Crippen LogP contribution in [0.25, 0.3) is 20.8 Å². The van der Waals surface area contributed by atoms with Crippen molar-refractivity contribution >= 4 is 39.3 Å². The van der Waals surface area contributed by atoms with Gasteiger partial charge >= 0.3 is 5.97 Å². The van der Waals surface area contributed by atoms with Crippen LogP contribution in [0.4, 0.5) is 5.88 Å². The summed E-state index contributed by atoms with van der Waals surface area (Å²) >= 11 is 1.40. The minimum absolute atomic E-state index is 0.149. The summed E-state index contributed by atoms with van der Waals surface area (Å²) in [7, 11) is 1.30. The number of rotatable bonds is 6. The van der Waals surface area contributed by atoms with Crippen LogP contribution >= 0.6 is 11.3 Å². The SMILES string of the molecule is CCOc1ccc(C(=O)Nc2oc(C)c(C(=O)OC)c2-c2nc3ccccc3s2)cc1. The fraction of sp³-hybridized carbons (Fsp3) is 0.174. The zero-order valence-electron chi connectivity index (χ0n) is 17.2. The molecular formula is C23H20N2O5S. The molecule has 2 aromatic heterocycles. The standard InChI is InChI=1S/C23H20N2O5S/c1-4-29-15-11-9-14(10-12-15)20(26)25-21-19(18(13(2)30-21)23(27)28-3)22-24-16-7-5-6-8-17(16)31-22/h5-12H,4H2,1-3H3,(H,25,26). The number of anilines is 1. The van der Waals surface area contributed by atoms with E-state index in [4.69, 9.17) is 13.9 Å².